The molecule has 1 aliphatic heterocycles. The Balaban J connectivity index is 1.63. The third kappa shape index (κ3) is 7.52. The average molecular weight is 576 g/mol. The summed E-state index contributed by atoms with van der Waals surface area (Å²) in [5.74, 6) is -1.55. The van der Waals surface area contributed by atoms with Gasteiger partial charge in [-0.1, -0.05) is 30.3 Å². The number of hydrogen-bond donors (Lipinski definition) is 6. The van der Waals surface area contributed by atoms with Crippen LogP contribution >= 0.6 is 0 Å². The fourth-order valence-corrected chi connectivity index (χ4v) is 5.12. The van der Waals surface area contributed by atoms with E-state index in [2.05, 4.69) is 20.9 Å². The van der Waals surface area contributed by atoms with Crippen LogP contribution in [0, 0.1) is 6.92 Å². The first-order valence-electron chi connectivity index (χ1n) is 13.9. The monoisotopic (exact) mass is 575 g/mol. The lowest BCUT2D eigenvalue weighted by molar-refractivity contribution is -0.130. The second kappa shape index (κ2) is 13.8. The van der Waals surface area contributed by atoms with Crippen LogP contribution in [0.5, 0.6) is 0 Å². The Morgan fingerprint density at radius 1 is 1.10 bits per heavy atom. The number of fused-ring (bicyclic) bond motifs is 1. The molecule has 1 saturated heterocycles. The fraction of sp³-hybridized carbons (Fsp3) is 0.367. The number of carbonyl (C=O) groups excluding carboxylic acids is 3. The van der Waals surface area contributed by atoms with Gasteiger partial charge in [-0.15, -0.1) is 0 Å². The van der Waals surface area contributed by atoms with E-state index in [1.165, 1.54) is 6.07 Å². The molecular weight excluding hydrogens is 538 g/mol. The molecule has 2 aromatic carbocycles. The number of amides is 2. The number of nitrogens with zero attached hydrogens (tertiary/aromatic N) is 1. The highest BCUT2D eigenvalue weighted by molar-refractivity contribution is 6.05. The summed E-state index contributed by atoms with van der Waals surface area (Å²) in [5, 5.41) is 9.34. The van der Waals surface area contributed by atoms with Gasteiger partial charge in [-0.05, 0) is 62.4 Å². The molecule has 1 aliphatic rings. The zero-order valence-corrected chi connectivity index (χ0v) is 23.5. The van der Waals surface area contributed by atoms with Gasteiger partial charge in [0.1, 0.15) is 17.2 Å². The number of nitrogens with one attached hydrogen (secondary N) is 3. The molecular formula is C30H37N7O5. The Kier molecular flexibility index (Phi) is 9.92. The van der Waals surface area contributed by atoms with Gasteiger partial charge in [0.05, 0.1) is 12.1 Å². The molecule has 0 spiro atoms. The van der Waals surface area contributed by atoms with E-state index in [4.69, 9.17) is 21.6 Å². The molecule has 9 N–H and O–H groups in total. The van der Waals surface area contributed by atoms with E-state index in [0.29, 0.717) is 29.5 Å². The van der Waals surface area contributed by atoms with E-state index in [0.717, 1.165) is 18.5 Å². The van der Waals surface area contributed by atoms with Crippen LogP contribution in [0.25, 0.3) is 11.0 Å². The Morgan fingerprint density at radius 3 is 2.55 bits per heavy atom. The summed E-state index contributed by atoms with van der Waals surface area (Å²) in [7, 11) is 0. The predicted octanol–water partition coefficient (Wildman–Crippen LogP) is 0.884. The summed E-state index contributed by atoms with van der Waals surface area (Å²) < 4.78 is 5.44. The van der Waals surface area contributed by atoms with Crippen LogP contribution in [0.2, 0.25) is 0 Å². The molecule has 0 radical (unpaired) electrons. The van der Waals surface area contributed by atoms with Gasteiger partial charge in [-0.2, -0.15) is 0 Å². The molecule has 0 aliphatic carbocycles. The highest BCUT2D eigenvalue weighted by Crippen LogP contribution is 2.23. The Morgan fingerprint density at radius 2 is 1.86 bits per heavy atom. The average Bonchev–Trinajstić information content (AvgIpc) is 3.50. The third-order valence-corrected chi connectivity index (χ3v) is 7.31. The van der Waals surface area contributed by atoms with Crippen molar-refractivity contribution >= 4 is 40.2 Å². The molecule has 3 atom stereocenters. The predicted molar refractivity (Wildman–Crippen MR) is 161 cm³/mol. The number of guanidine groups is 1. The van der Waals surface area contributed by atoms with Gasteiger partial charge in [-0.3, -0.25) is 19.4 Å². The van der Waals surface area contributed by atoms with Crippen LogP contribution in [0.1, 0.15) is 47.2 Å². The lowest BCUT2D eigenvalue weighted by atomic mass is 9.95. The van der Waals surface area contributed by atoms with Crippen LogP contribution in [0.4, 0.5) is 5.69 Å². The maximum atomic E-state index is 13.9. The summed E-state index contributed by atoms with van der Waals surface area (Å²) >= 11 is 0. The summed E-state index contributed by atoms with van der Waals surface area (Å²) in [6, 6.07) is 11.6. The lowest BCUT2D eigenvalue weighted by Crippen LogP contribution is -2.55. The van der Waals surface area contributed by atoms with E-state index in [1.807, 2.05) is 30.3 Å². The molecule has 0 saturated carbocycles. The van der Waals surface area contributed by atoms with Crippen molar-refractivity contribution in [1.82, 2.24) is 16.0 Å². The van der Waals surface area contributed by atoms with Crippen LogP contribution < -0.4 is 38.8 Å². The first kappa shape index (κ1) is 30.3. The number of anilines is 1. The van der Waals surface area contributed by atoms with Crippen LogP contribution in [-0.4, -0.2) is 54.8 Å². The van der Waals surface area contributed by atoms with Crippen molar-refractivity contribution in [3.63, 3.8) is 0 Å². The Hall–Kier alpha value is -4.71. The summed E-state index contributed by atoms with van der Waals surface area (Å²) in [6.07, 6.45) is 2.21. The third-order valence-electron chi connectivity index (χ3n) is 7.31. The smallest absolute Gasteiger partial charge is 0.347 e. The summed E-state index contributed by atoms with van der Waals surface area (Å²) in [5.41, 5.74) is 17.6. The molecule has 4 rings (SSSR count). The largest absolute Gasteiger partial charge is 0.422 e. The summed E-state index contributed by atoms with van der Waals surface area (Å²) in [6.45, 7) is 2.58. The topological polar surface area (TPSA) is 208 Å². The van der Waals surface area contributed by atoms with Gasteiger partial charge in [0.2, 0.25) is 11.8 Å². The first-order chi connectivity index (χ1) is 20.1. The van der Waals surface area contributed by atoms with E-state index in [-0.39, 0.29) is 42.4 Å². The molecule has 42 heavy (non-hydrogen) atoms. The minimum absolute atomic E-state index is 0.0987. The van der Waals surface area contributed by atoms with Gasteiger partial charge in [-0.25, -0.2) is 4.79 Å². The number of hydrogen-bond acceptors (Lipinski definition) is 8. The van der Waals surface area contributed by atoms with E-state index < -0.39 is 35.4 Å². The number of nitrogens with two attached hydrogens (primary N) is 3. The van der Waals surface area contributed by atoms with Gasteiger partial charge < -0.3 is 37.6 Å². The molecule has 3 aromatic rings. The molecule has 2 heterocycles. The minimum atomic E-state index is -1.11. The number of nitrogen functional groups attached to an aromatic ring is 1. The maximum Gasteiger partial charge on any atom is 0.347 e. The Bertz CT molecular complexity index is 1530. The number of rotatable bonds is 12. The zero-order valence-electron chi connectivity index (χ0n) is 23.5. The maximum absolute atomic E-state index is 13.9. The van der Waals surface area contributed by atoms with Crippen molar-refractivity contribution in [2.75, 3.05) is 18.8 Å². The van der Waals surface area contributed by atoms with Crippen molar-refractivity contribution in [3.05, 3.63) is 75.6 Å². The van der Waals surface area contributed by atoms with Crippen molar-refractivity contribution < 1.29 is 18.8 Å². The van der Waals surface area contributed by atoms with Gasteiger partial charge in [0, 0.05) is 30.1 Å². The highest BCUT2D eigenvalue weighted by Gasteiger charge is 2.32. The van der Waals surface area contributed by atoms with Crippen molar-refractivity contribution in [2.45, 2.75) is 57.2 Å². The molecule has 1 aromatic heterocycles. The fourth-order valence-electron chi connectivity index (χ4n) is 5.12. The van der Waals surface area contributed by atoms with E-state index in [1.54, 1.807) is 19.1 Å². The van der Waals surface area contributed by atoms with E-state index in [9.17, 15) is 19.2 Å². The molecule has 0 unspecified atom stereocenters. The summed E-state index contributed by atoms with van der Waals surface area (Å²) in [4.78, 5) is 57.6. The quantitative estimate of drug-likeness (QED) is 0.0452. The number of carbonyl (C=O) groups is 3. The van der Waals surface area contributed by atoms with Crippen LogP contribution in [-0.2, 0) is 16.0 Å². The first-order valence-corrected chi connectivity index (χ1v) is 13.9. The van der Waals surface area contributed by atoms with Gasteiger partial charge in [0.25, 0.3) is 0 Å². The standard InChI is InChI=1S/C30H37N7O5/c1-17-20-12-11-19(31)16-24(20)42-29(41)25(17)26(38)21(9-5-14-35-30(32)33)36-28(40)23(15-18-7-3-2-4-8-18)37-27(39)22-10-6-13-34-22/h2-4,7-8,11-12,16,21-23,34H,5-6,9-10,13-15,31H2,1H3,(H,36,40)(H,37,39)(H4,32,33,35)/t21-,22-,23-/m0/s1. The number of aliphatic imine (C=N–C) groups is 1. The van der Waals surface area contributed by atoms with Crippen LogP contribution in [0.3, 0.4) is 0 Å². The normalized spacial score (nSPS) is 16.0. The van der Waals surface area contributed by atoms with Crippen molar-refractivity contribution in [2.24, 2.45) is 16.5 Å². The van der Waals surface area contributed by atoms with Gasteiger partial charge >= 0.3 is 5.63 Å². The van der Waals surface area contributed by atoms with Crippen molar-refractivity contribution in [3.8, 4) is 0 Å². The number of ketones is 1. The van der Waals surface area contributed by atoms with Crippen molar-refractivity contribution in [1.29, 1.82) is 0 Å². The molecule has 0 bridgehead atoms. The molecule has 2 amide bonds. The van der Waals surface area contributed by atoms with E-state index >= 15 is 0 Å². The van der Waals surface area contributed by atoms with Crippen LogP contribution in [0.15, 0.2) is 62.7 Å². The Labute approximate surface area is 243 Å². The second-order valence-corrected chi connectivity index (χ2v) is 10.4. The SMILES string of the molecule is Cc1c(C(=O)[C@H](CCCN=C(N)N)NC(=O)[C@H](Cc2ccccc2)NC(=O)[C@@H]2CCCN2)c(=O)oc2cc(N)ccc12. The number of benzene rings is 2. The lowest BCUT2D eigenvalue weighted by Gasteiger charge is -2.24. The minimum Gasteiger partial charge on any atom is -0.422 e. The molecule has 1 fully saturated rings. The molecule has 12 heteroatoms. The number of Topliss-reactive ketones (excluding diaryl/α,β-unsaturated/α-hetero) is 1. The number of aryl methyl sites for hydroxylation is 1. The second-order valence-electron chi connectivity index (χ2n) is 10.4. The van der Waals surface area contributed by atoms with Gasteiger partial charge in [0.15, 0.2) is 11.7 Å². The molecule has 12 nitrogen and oxygen atoms in total. The zero-order chi connectivity index (χ0) is 30.2. The molecule has 222 valence electrons. The highest BCUT2D eigenvalue weighted by atomic mass is 16.4.